The molecule has 0 radical (unpaired) electrons. The zero-order valence-corrected chi connectivity index (χ0v) is 9.10. The molecular weight excluding hydrogens is 219 g/mol. The Morgan fingerprint density at radius 3 is 2.56 bits per heavy atom. The molecule has 1 fully saturated rings. The molecule has 1 aliphatic rings. The van der Waals surface area contributed by atoms with Crippen molar-refractivity contribution in [1.82, 2.24) is 10.2 Å². The second kappa shape index (κ2) is 3.23. The van der Waals surface area contributed by atoms with Crippen LogP contribution in [0.25, 0.3) is 0 Å². The first-order valence-electron chi connectivity index (χ1n) is 5.10. The number of nitrogens with zero attached hydrogens (tertiary/aromatic N) is 1. The molecule has 3 N–H and O–H groups in total. The van der Waals surface area contributed by atoms with E-state index < -0.39 is 11.9 Å². The van der Waals surface area contributed by atoms with E-state index >= 15 is 0 Å². The SMILES string of the molecule is CC1(C)C(CN)C1c1cn[nH]c1C(F)(F)F. The molecule has 0 spiro atoms. The van der Waals surface area contributed by atoms with Crippen molar-refractivity contribution >= 4 is 0 Å². The quantitative estimate of drug-likeness (QED) is 0.822. The highest BCUT2D eigenvalue weighted by Gasteiger charge is 2.59. The average Bonchev–Trinajstić information content (AvgIpc) is 2.57. The van der Waals surface area contributed by atoms with E-state index in [9.17, 15) is 13.2 Å². The first kappa shape index (κ1) is 11.4. The van der Waals surface area contributed by atoms with Gasteiger partial charge in [-0.1, -0.05) is 13.8 Å². The van der Waals surface area contributed by atoms with Gasteiger partial charge in [0, 0.05) is 5.56 Å². The van der Waals surface area contributed by atoms with Crippen LogP contribution in [0.4, 0.5) is 13.2 Å². The van der Waals surface area contributed by atoms with E-state index in [0.717, 1.165) is 0 Å². The Hall–Kier alpha value is -1.04. The number of hydrogen-bond acceptors (Lipinski definition) is 2. The highest BCUT2D eigenvalue weighted by molar-refractivity contribution is 5.34. The first-order chi connectivity index (χ1) is 7.30. The van der Waals surface area contributed by atoms with Gasteiger partial charge >= 0.3 is 6.18 Å². The molecule has 1 heterocycles. The minimum absolute atomic E-state index is 0.103. The molecule has 90 valence electrons. The van der Waals surface area contributed by atoms with Crippen molar-refractivity contribution in [3.05, 3.63) is 17.5 Å². The number of nitrogens with one attached hydrogen (secondary N) is 1. The molecular formula is C10H14F3N3. The zero-order valence-electron chi connectivity index (χ0n) is 9.10. The summed E-state index contributed by atoms with van der Waals surface area (Å²) in [5, 5.41) is 5.53. The highest BCUT2D eigenvalue weighted by Crippen LogP contribution is 2.64. The van der Waals surface area contributed by atoms with Crippen molar-refractivity contribution in [2.24, 2.45) is 17.1 Å². The summed E-state index contributed by atoms with van der Waals surface area (Å²) < 4.78 is 38.0. The Balaban J connectivity index is 2.34. The van der Waals surface area contributed by atoms with Crippen LogP contribution in [-0.2, 0) is 6.18 Å². The summed E-state index contributed by atoms with van der Waals surface area (Å²) in [6.45, 7) is 4.27. The summed E-state index contributed by atoms with van der Waals surface area (Å²) >= 11 is 0. The maximum Gasteiger partial charge on any atom is 0.433 e. The Morgan fingerprint density at radius 1 is 1.50 bits per heavy atom. The molecule has 0 saturated heterocycles. The van der Waals surface area contributed by atoms with E-state index in [4.69, 9.17) is 5.73 Å². The standard InChI is InChI=1S/C10H14F3N3/c1-9(2)6(3-14)7(9)5-4-15-16-8(5)10(11,12)13/h4,6-7H,3,14H2,1-2H3,(H,15,16). The van der Waals surface area contributed by atoms with Gasteiger partial charge in [0.2, 0.25) is 0 Å². The van der Waals surface area contributed by atoms with E-state index in [1.807, 2.05) is 18.9 Å². The molecule has 1 aromatic rings. The molecule has 2 unspecified atom stereocenters. The summed E-state index contributed by atoms with van der Waals surface area (Å²) in [4.78, 5) is 0. The molecule has 1 saturated carbocycles. The molecule has 0 bridgehead atoms. The Bertz CT molecular complexity index is 394. The van der Waals surface area contributed by atoms with Gasteiger partial charge in [-0.3, -0.25) is 5.10 Å². The normalized spacial score (nSPS) is 28.1. The third-order valence-corrected chi connectivity index (χ3v) is 3.59. The van der Waals surface area contributed by atoms with Crippen LogP contribution in [0.15, 0.2) is 6.20 Å². The topological polar surface area (TPSA) is 54.7 Å². The maximum atomic E-state index is 12.7. The van der Waals surface area contributed by atoms with Gasteiger partial charge in [0.05, 0.1) is 6.20 Å². The molecule has 2 rings (SSSR count). The van der Waals surface area contributed by atoms with Crippen molar-refractivity contribution in [3.8, 4) is 0 Å². The fourth-order valence-corrected chi connectivity index (χ4v) is 2.56. The van der Waals surface area contributed by atoms with Crippen molar-refractivity contribution in [1.29, 1.82) is 0 Å². The molecule has 2 atom stereocenters. The van der Waals surface area contributed by atoms with Gasteiger partial charge < -0.3 is 5.73 Å². The lowest BCUT2D eigenvalue weighted by molar-refractivity contribution is -0.141. The van der Waals surface area contributed by atoms with Crippen molar-refractivity contribution < 1.29 is 13.2 Å². The fraction of sp³-hybridized carbons (Fsp3) is 0.700. The minimum Gasteiger partial charge on any atom is -0.330 e. The number of aromatic nitrogens is 2. The van der Waals surface area contributed by atoms with Crippen molar-refractivity contribution in [3.63, 3.8) is 0 Å². The highest BCUT2D eigenvalue weighted by atomic mass is 19.4. The number of nitrogens with two attached hydrogens (primary N) is 1. The number of alkyl halides is 3. The smallest absolute Gasteiger partial charge is 0.330 e. The summed E-state index contributed by atoms with van der Waals surface area (Å²) in [6, 6.07) is 0. The molecule has 1 aliphatic carbocycles. The van der Waals surface area contributed by atoms with E-state index in [0.29, 0.717) is 6.54 Å². The fourth-order valence-electron chi connectivity index (χ4n) is 2.56. The number of hydrogen-bond donors (Lipinski definition) is 2. The molecule has 3 nitrogen and oxygen atoms in total. The number of aromatic amines is 1. The van der Waals surface area contributed by atoms with Gasteiger partial charge in [-0.15, -0.1) is 0 Å². The van der Waals surface area contributed by atoms with E-state index in [1.165, 1.54) is 6.20 Å². The lowest BCUT2D eigenvalue weighted by Crippen LogP contribution is -2.09. The minimum atomic E-state index is -4.37. The average molecular weight is 233 g/mol. The zero-order chi connectivity index (χ0) is 12.1. The molecule has 6 heteroatoms. The van der Waals surface area contributed by atoms with Crippen LogP contribution in [0.3, 0.4) is 0 Å². The second-order valence-corrected chi connectivity index (χ2v) is 4.84. The van der Waals surface area contributed by atoms with E-state index in [2.05, 4.69) is 5.10 Å². The lowest BCUT2D eigenvalue weighted by Gasteiger charge is -2.07. The van der Waals surface area contributed by atoms with Crippen LogP contribution in [0.1, 0.15) is 31.0 Å². The van der Waals surface area contributed by atoms with Gasteiger partial charge in [-0.2, -0.15) is 18.3 Å². The van der Waals surface area contributed by atoms with Crippen molar-refractivity contribution in [2.45, 2.75) is 25.9 Å². The largest absolute Gasteiger partial charge is 0.433 e. The predicted molar refractivity (Wildman–Crippen MR) is 52.7 cm³/mol. The molecule has 0 aromatic carbocycles. The second-order valence-electron chi connectivity index (χ2n) is 4.84. The maximum absolute atomic E-state index is 12.7. The summed E-state index contributed by atoms with van der Waals surface area (Å²) in [5.74, 6) is -0.0425. The van der Waals surface area contributed by atoms with Crippen LogP contribution >= 0.6 is 0 Å². The third kappa shape index (κ3) is 1.52. The van der Waals surface area contributed by atoms with Gasteiger partial charge in [-0.05, 0) is 23.8 Å². The van der Waals surface area contributed by atoms with Crippen LogP contribution in [-0.4, -0.2) is 16.7 Å². The number of H-pyrrole nitrogens is 1. The van der Waals surface area contributed by atoms with Crippen LogP contribution in [0.2, 0.25) is 0 Å². The summed E-state index contributed by atoms with van der Waals surface area (Å²) in [5.41, 5.74) is 4.89. The van der Waals surface area contributed by atoms with Gasteiger partial charge in [0.1, 0.15) is 5.69 Å². The molecule has 0 aliphatic heterocycles. The van der Waals surface area contributed by atoms with Crippen molar-refractivity contribution in [2.75, 3.05) is 6.54 Å². The van der Waals surface area contributed by atoms with Gasteiger partial charge in [-0.25, -0.2) is 0 Å². The Kier molecular flexibility index (Phi) is 2.31. The first-order valence-corrected chi connectivity index (χ1v) is 5.10. The third-order valence-electron chi connectivity index (χ3n) is 3.59. The molecule has 0 amide bonds. The predicted octanol–water partition coefficient (Wildman–Crippen LogP) is 2.13. The Morgan fingerprint density at radius 2 is 2.12 bits per heavy atom. The van der Waals surface area contributed by atoms with Crippen LogP contribution in [0.5, 0.6) is 0 Å². The Labute approximate surface area is 91.2 Å². The van der Waals surface area contributed by atoms with Crippen LogP contribution in [0, 0.1) is 11.3 Å². The molecule has 16 heavy (non-hydrogen) atoms. The summed E-state index contributed by atoms with van der Waals surface area (Å²) in [7, 11) is 0. The van der Waals surface area contributed by atoms with Crippen LogP contribution < -0.4 is 5.73 Å². The summed E-state index contributed by atoms with van der Waals surface area (Å²) in [6.07, 6.45) is -3.10. The van der Waals surface area contributed by atoms with E-state index in [1.54, 1.807) is 0 Å². The van der Waals surface area contributed by atoms with Gasteiger partial charge in [0.15, 0.2) is 0 Å². The lowest BCUT2D eigenvalue weighted by atomic mass is 10.0. The number of halogens is 3. The molecule has 1 aromatic heterocycles. The van der Waals surface area contributed by atoms with E-state index in [-0.39, 0.29) is 22.8 Å². The number of rotatable bonds is 2. The monoisotopic (exact) mass is 233 g/mol. The van der Waals surface area contributed by atoms with Gasteiger partial charge in [0.25, 0.3) is 0 Å².